The topological polar surface area (TPSA) is 61.4 Å². The number of hydrogen-bond acceptors (Lipinski definition) is 4. The van der Waals surface area contributed by atoms with Crippen LogP contribution >= 0.6 is 0 Å². The first-order valence-electron chi connectivity index (χ1n) is 7.05. The molecule has 3 aromatic rings. The van der Waals surface area contributed by atoms with Crippen molar-refractivity contribution >= 4 is 22.8 Å². The number of aromatic nitrogens is 1. The summed E-state index contributed by atoms with van der Waals surface area (Å²) in [5.41, 5.74) is 1.43. The highest BCUT2D eigenvalue weighted by atomic mass is 16.5. The zero-order valence-corrected chi connectivity index (χ0v) is 11.9. The molecule has 0 saturated heterocycles. The fourth-order valence-electron chi connectivity index (χ4n) is 3.13. The second-order valence-corrected chi connectivity index (χ2v) is 5.33. The van der Waals surface area contributed by atoms with Crippen molar-refractivity contribution in [2.45, 2.75) is 19.3 Å². The zero-order valence-electron chi connectivity index (χ0n) is 11.9. The molecule has 0 unspecified atom stereocenters. The van der Waals surface area contributed by atoms with E-state index in [9.17, 15) is 9.59 Å². The van der Waals surface area contributed by atoms with Crippen LogP contribution < -0.4 is 4.74 Å². The molecule has 110 valence electrons. The van der Waals surface area contributed by atoms with E-state index in [0.717, 1.165) is 10.9 Å². The molecule has 4 rings (SSSR count). The number of benzene rings is 1. The van der Waals surface area contributed by atoms with Crippen molar-refractivity contribution in [3.63, 3.8) is 0 Å². The maximum atomic E-state index is 12.2. The van der Waals surface area contributed by atoms with E-state index in [2.05, 4.69) is 0 Å². The first-order chi connectivity index (χ1) is 10.7. The third kappa shape index (κ3) is 1.72. The molecule has 1 aromatic carbocycles. The molecule has 0 radical (unpaired) electrons. The first kappa shape index (κ1) is 12.9. The van der Waals surface area contributed by atoms with Gasteiger partial charge in [-0.1, -0.05) is 12.1 Å². The van der Waals surface area contributed by atoms with Gasteiger partial charge in [-0.3, -0.25) is 14.2 Å². The predicted octanol–water partition coefficient (Wildman–Crippen LogP) is 3.34. The Kier molecular flexibility index (Phi) is 2.69. The Hall–Kier alpha value is -2.82. The summed E-state index contributed by atoms with van der Waals surface area (Å²) in [6.45, 7) is 1.50. The van der Waals surface area contributed by atoms with E-state index >= 15 is 0 Å². The Balaban J connectivity index is 2.08. The SMILES string of the molecule is CC(=O)n1c2c(c3ccccc31)OC(=O)C[C@@H]2c1ccco1. The number of ether oxygens (including phenoxy) is 1. The highest BCUT2D eigenvalue weighted by Gasteiger charge is 2.36. The lowest BCUT2D eigenvalue weighted by atomic mass is 9.95. The second-order valence-electron chi connectivity index (χ2n) is 5.33. The molecule has 0 saturated carbocycles. The fourth-order valence-corrected chi connectivity index (χ4v) is 3.13. The van der Waals surface area contributed by atoms with Crippen LogP contribution in [0.15, 0.2) is 47.1 Å². The average Bonchev–Trinajstić information content (AvgIpc) is 3.12. The normalized spacial score (nSPS) is 17.3. The van der Waals surface area contributed by atoms with Crippen LogP contribution in [-0.2, 0) is 4.79 Å². The molecule has 0 fully saturated rings. The van der Waals surface area contributed by atoms with Crippen molar-refractivity contribution in [1.82, 2.24) is 4.57 Å². The number of rotatable bonds is 1. The number of esters is 1. The molecule has 2 aromatic heterocycles. The molecule has 1 aliphatic heterocycles. The van der Waals surface area contributed by atoms with E-state index in [4.69, 9.17) is 9.15 Å². The van der Waals surface area contributed by atoms with Crippen LogP contribution in [0.1, 0.15) is 35.5 Å². The third-order valence-electron chi connectivity index (χ3n) is 3.98. The smallest absolute Gasteiger partial charge is 0.312 e. The number of carbonyl (C=O) groups is 2. The van der Waals surface area contributed by atoms with Gasteiger partial charge in [-0.25, -0.2) is 0 Å². The summed E-state index contributed by atoms with van der Waals surface area (Å²) in [5, 5.41) is 0.761. The summed E-state index contributed by atoms with van der Waals surface area (Å²) >= 11 is 0. The summed E-state index contributed by atoms with van der Waals surface area (Å²) in [7, 11) is 0. The predicted molar refractivity (Wildman–Crippen MR) is 79.0 cm³/mol. The highest BCUT2D eigenvalue weighted by molar-refractivity contribution is 6.00. The van der Waals surface area contributed by atoms with Crippen LogP contribution in [0.3, 0.4) is 0 Å². The van der Waals surface area contributed by atoms with Gasteiger partial charge in [-0.15, -0.1) is 0 Å². The lowest BCUT2D eigenvalue weighted by molar-refractivity contribution is -0.135. The van der Waals surface area contributed by atoms with Gasteiger partial charge in [0.1, 0.15) is 5.76 Å². The minimum absolute atomic E-state index is 0.119. The Morgan fingerprint density at radius 1 is 1.23 bits per heavy atom. The number of hydrogen-bond donors (Lipinski definition) is 0. The average molecular weight is 295 g/mol. The van der Waals surface area contributed by atoms with E-state index < -0.39 is 0 Å². The molecular weight excluding hydrogens is 282 g/mol. The number of carbonyl (C=O) groups excluding carboxylic acids is 2. The van der Waals surface area contributed by atoms with Crippen LogP contribution in [0.25, 0.3) is 10.9 Å². The Labute approximate surface area is 126 Å². The lowest BCUT2D eigenvalue weighted by Crippen LogP contribution is -2.24. The second kappa shape index (κ2) is 4.59. The quantitative estimate of drug-likeness (QED) is 0.646. The van der Waals surface area contributed by atoms with Gasteiger partial charge in [-0.2, -0.15) is 0 Å². The summed E-state index contributed by atoms with van der Waals surface area (Å²) < 4.78 is 12.5. The summed E-state index contributed by atoms with van der Waals surface area (Å²) in [5.74, 6) is 0.363. The van der Waals surface area contributed by atoms with Gasteiger partial charge in [-0.05, 0) is 24.3 Å². The summed E-state index contributed by atoms with van der Waals surface area (Å²) in [6.07, 6.45) is 1.72. The van der Waals surface area contributed by atoms with E-state index in [0.29, 0.717) is 17.2 Å². The molecule has 22 heavy (non-hydrogen) atoms. The minimum atomic E-state index is -0.319. The first-order valence-corrected chi connectivity index (χ1v) is 7.05. The van der Waals surface area contributed by atoms with E-state index in [1.807, 2.05) is 30.3 Å². The van der Waals surface area contributed by atoms with Gasteiger partial charge in [0.05, 0.1) is 29.8 Å². The lowest BCUT2D eigenvalue weighted by Gasteiger charge is -2.22. The van der Waals surface area contributed by atoms with E-state index in [1.54, 1.807) is 16.9 Å². The van der Waals surface area contributed by atoms with Crippen LogP contribution in [0.2, 0.25) is 0 Å². The highest BCUT2D eigenvalue weighted by Crippen LogP contribution is 2.44. The van der Waals surface area contributed by atoms with Crippen molar-refractivity contribution in [2.75, 3.05) is 0 Å². The van der Waals surface area contributed by atoms with Crippen LogP contribution in [-0.4, -0.2) is 16.4 Å². The zero-order chi connectivity index (χ0) is 15.3. The summed E-state index contributed by atoms with van der Waals surface area (Å²) in [4.78, 5) is 24.2. The largest absolute Gasteiger partial charge is 0.469 e. The van der Waals surface area contributed by atoms with Crippen molar-refractivity contribution in [2.24, 2.45) is 0 Å². The summed E-state index contributed by atoms with van der Waals surface area (Å²) in [6, 6.07) is 11.0. The van der Waals surface area contributed by atoms with E-state index in [-0.39, 0.29) is 24.2 Å². The molecule has 5 heteroatoms. The standard InChI is InChI=1S/C17H13NO4/c1-10(19)18-13-6-3-2-5-11(13)17-16(18)12(9-15(20)22-17)14-7-4-8-21-14/h2-8,12H,9H2,1H3/t12-/m1/s1. The van der Waals surface area contributed by atoms with Gasteiger partial charge >= 0.3 is 5.97 Å². The van der Waals surface area contributed by atoms with Crippen LogP contribution in [0.5, 0.6) is 5.75 Å². The number of fused-ring (bicyclic) bond motifs is 3. The maximum absolute atomic E-state index is 12.2. The fraction of sp³-hybridized carbons (Fsp3) is 0.176. The molecule has 0 bridgehead atoms. The Morgan fingerprint density at radius 3 is 2.77 bits per heavy atom. The minimum Gasteiger partial charge on any atom is -0.469 e. The molecule has 1 aliphatic rings. The molecule has 0 N–H and O–H groups in total. The van der Waals surface area contributed by atoms with Gasteiger partial charge < -0.3 is 9.15 Å². The number of furan rings is 1. The van der Waals surface area contributed by atoms with Crippen molar-refractivity contribution < 1.29 is 18.7 Å². The number of para-hydroxylation sites is 1. The van der Waals surface area contributed by atoms with Gasteiger partial charge in [0, 0.05) is 12.3 Å². The van der Waals surface area contributed by atoms with Crippen molar-refractivity contribution in [3.05, 3.63) is 54.1 Å². The van der Waals surface area contributed by atoms with E-state index in [1.165, 1.54) is 6.92 Å². The van der Waals surface area contributed by atoms with Crippen LogP contribution in [0.4, 0.5) is 0 Å². The van der Waals surface area contributed by atoms with Crippen molar-refractivity contribution in [1.29, 1.82) is 0 Å². The van der Waals surface area contributed by atoms with Gasteiger partial charge in [0.2, 0.25) is 5.91 Å². The van der Waals surface area contributed by atoms with Gasteiger partial charge in [0.25, 0.3) is 0 Å². The molecule has 1 atom stereocenters. The maximum Gasteiger partial charge on any atom is 0.312 e. The molecule has 5 nitrogen and oxygen atoms in total. The van der Waals surface area contributed by atoms with Crippen molar-refractivity contribution in [3.8, 4) is 5.75 Å². The molecular formula is C17H13NO4. The van der Waals surface area contributed by atoms with Gasteiger partial charge in [0.15, 0.2) is 5.75 Å². The molecule has 0 aliphatic carbocycles. The number of nitrogens with zero attached hydrogens (tertiary/aromatic N) is 1. The Bertz CT molecular complexity index is 889. The molecule has 0 spiro atoms. The molecule has 0 amide bonds. The third-order valence-corrected chi connectivity index (χ3v) is 3.98. The molecule has 3 heterocycles. The Morgan fingerprint density at radius 2 is 2.05 bits per heavy atom. The monoisotopic (exact) mass is 295 g/mol. The van der Waals surface area contributed by atoms with Crippen LogP contribution in [0, 0.1) is 0 Å².